The van der Waals surface area contributed by atoms with Crippen LogP contribution in [-0.2, 0) is 17.3 Å². The van der Waals surface area contributed by atoms with E-state index in [2.05, 4.69) is 4.40 Å². The summed E-state index contributed by atoms with van der Waals surface area (Å²) in [5, 5.41) is 8.70. The van der Waals surface area contributed by atoms with Gasteiger partial charge in [0, 0.05) is 11.1 Å². The minimum Gasteiger partial charge on any atom is -0.591 e. The van der Waals surface area contributed by atoms with Crippen LogP contribution < -0.4 is 0 Å². The van der Waals surface area contributed by atoms with Crippen LogP contribution in [0.25, 0.3) is 0 Å². The molecule has 0 aliphatic carbocycles. The summed E-state index contributed by atoms with van der Waals surface area (Å²) in [5.41, 5.74) is 0.607. The quantitative estimate of drug-likeness (QED) is 0.686. The van der Waals surface area contributed by atoms with Gasteiger partial charge in [-0.25, -0.2) is 0 Å². The number of benzene rings is 1. The van der Waals surface area contributed by atoms with Crippen molar-refractivity contribution in [1.29, 1.82) is 0 Å². The first kappa shape index (κ1) is 17.1. The van der Waals surface area contributed by atoms with E-state index < -0.39 is 28.6 Å². The second-order valence-corrected chi connectivity index (χ2v) is 7.39. The Balaban J connectivity index is 3.09. The highest BCUT2D eigenvalue weighted by atomic mass is 32.2. The van der Waals surface area contributed by atoms with Gasteiger partial charge in [-0.1, -0.05) is 22.6 Å². The third kappa shape index (κ3) is 4.26. The minimum absolute atomic E-state index is 0.284. The van der Waals surface area contributed by atoms with Crippen molar-refractivity contribution in [2.75, 3.05) is 6.61 Å². The normalized spacial score (nSPS) is 15.3. The van der Waals surface area contributed by atoms with Crippen LogP contribution in [0.2, 0.25) is 0 Å². The fourth-order valence-electron chi connectivity index (χ4n) is 1.38. The lowest BCUT2D eigenvalue weighted by molar-refractivity contribution is -0.0556. The molecule has 1 atom stereocenters. The average molecular weight is 303 g/mol. The molecule has 6 heteroatoms. The van der Waals surface area contributed by atoms with Gasteiger partial charge in [-0.05, 0) is 33.8 Å². The molecule has 0 aromatic heterocycles. The number of hydrogen-bond acceptors (Lipinski definition) is 3. The fourth-order valence-corrected chi connectivity index (χ4v) is 2.01. The van der Waals surface area contributed by atoms with Crippen LogP contribution in [0.3, 0.4) is 0 Å². The molecule has 0 fully saturated rings. The summed E-state index contributed by atoms with van der Waals surface area (Å²) in [5.74, 6) is -3.29. The highest BCUT2D eigenvalue weighted by Gasteiger charge is 2.31. The van der Waals surface area contributed by atoms with Gasteiger partial charge in [0.05, 0.1) is 5.71 Å². The standard InChI is InChI=1S/C14H19F2NO2S/c1-10(17-20(19)13(2,3)4)11-6-5-7-12(8-11)14(15,16)9-18/h5-8,18H,9H2,1-4H3/b17-10+. The minimum atomic E-state index is -3.29. The lowest BCUT2D eigenvalue weighted by Crippen LogP contribution is -2.26. The molecule has 1 unspecified atom stereocenters. The molecule has 1 aromatic carbocycles. The Hall–Kier alpha value is -0.980. The zero-order valence-electron chi connectivity index (χ0n) is 12.0. The van der Waals surface area contributed by atoms with Gasteiger partial charge in [-0.15, -0.1) is 0 Å². The predicted molar refractivity (Wildman–Crippen MR) is 77.5 cm³/mol. The third-order valence-electron chi connectivity index (χ3n) is 2.64. The van der Waals surface area contributed by atoms with Crippen molar-refractivity contribution in [3.05, 3.63) is 35.4 Å². The van der Waals surface area contributed by atoms with Crippen molar-refractivity contribution < 1.29 is 18.4 Å². The van der Waals surface area contributed by atoms with Gasteiger partial charge < -0.3 is 9.66 Å². The molecule has 1 rings (SSSR count). The lowest BCUT2D eigenvalue weighted by atomic mass is 10.0. The molecule has 20 heavy (non-hydrogen) atoms. The van der Waals surface area contributed by atoms with E-state index in [9.17, 15) is 13.3 Å². The lowest BCUT2D eigenvalue weighted by Gasteiger charge is -2.19. The number of nitrogens with zero attached hydrogens (tertiary/aromatic N) is 1. The molecule has 0 saturated heterocycles. The van der Waals surface area contributed by atoms with Gasteiger partial charge in [0.15, 0.2) is 0 Å². The molecular formula is C14H19F2NO2S. The fraction of sp³-hybridized carbons (Fsp3) is 0.500. The Bertz CT molecular complexity index is 498. The summed E-state index contributed by atoms with van der Waals surface area (Å²) in [6.45, 7) is 5.74. The van der Waals surface area contributed by atoms with E-state index in [-0.39, 0.29) is 5.56 Å². The molecule has 1 aromatic rings. The van der Waals surface area contributed by atoms with Crippen LogP contribution in [0.1, 0.15) is 38.8 Å². The molecule has 0 heterocycles. The van der Waals surface area contributed by atoms with Crippen LogP contribution in [0, 0.1) is 0 Å². The second-order valence-electron chi connectivity index (χ2n) is 5.48. The molecule has 0 aliphatic heterocycles. The summed E-state index contributed by atoms with van der Waals surface area (Å²) >= 11 is -1.45. The topological polar surface area (TPSA) is 55.7 Å². The average Bonchev–Trinajstić information content (AvgIpc) is 2.37. The molecule has 0 aliphatic rings. The van der Waals surface area contributed by atoms with E-state index in [1.165, 1.54) is 18.2 Å². The van der Waals surface area contributed by atoms with Crippen molar-refractivity contribution in [1.82, 2.24) is 0 Å². The van der Waals surface area contributed by atoms with Crippen LogP contribution in [-0.4, -0.2) is 26.7 Å². The Morgan fingerprint density at radius 1 is 1.35 bits per heavy atom. The van der Waals surface area contributed by atoms with Gasteiger partial charge >= 0.3 is 0 Å². The summed E-state index contributed by atoms with van der Waals surface area (Å²) in [7, 11) is 0. The Morgan fingerprint density at radius 2 is 1.95 bits per heavy atom. The SMILES string of the molecule is C/C(=N\[S+]([O-])C(C)(C)C)c1cccc(C(F)(F)CO)c1. The largest absolute Gasteiger partial charge is 0.591 e. The Labute approximate surface area is 121 Å². The van der Waals surface area contributed by atoms with Gasteiger partial charge in [-0.2, -0.15) is 8.78 Å². The van der Waals surface area contributed by atoms with E-state index >= 15 is 0 Å². The number of alkyl halides is 2. The van der Waals surface area contributed by atoms with Crippen LogP contribution in [0.5, 0.6) is 0 Å². The van der Waals surface area contributed by atoms with Crippen LogP contribution in [0.15, 0.2) is 28.7 Å². The molecule has 112 valence electrons. The maximum Gasteiger partial charge on any atom is 0.295 e. The zero-order chi connectivity index (χ0) is 15.6. The smallest absolute Gasteiger partial charge is 0.295 e. The molecule has 0 amide bonds. The van der Waals surface area contributed by atoms with E-state index in [1.54, 1.807) is 33.8 Å². The molecule has 0 spiro atoms. The van der Waals surface area contributed by atoms with E-state index in [4.69, 9.17) is 5.11 Å². The summed E-state index contributed by atoms with van der Waals surface area (Å²) in [6.07, 6.45) is 0. The molecule has 0 bridgehead atoms. The first-order valence-electron chi connectivity index (χ1n) is 6.15. The zero-order valence-corrected chi connectivity index (χ0v) is 12.8. The highest BCUT2D eigenvalue weighted by Crippen LogP contribution is 2.28. The number of halogens is 2. The van der Waals surface area contributed by atoms with Gasteiger partial charge in [0.1, 0.15) is 22.7 Å². The Morgan fingerprint density at radius 3 is 2.45 bits per heavy atom. The molecule has 3 nitrogen and oxygen atoms in total. The third-order valence-corrected chi connectivity index (χ3v) is 4.13. The van der Waals surface area contributed by atoms with E-state index in [1.807, 2.05) is 0 Å². The van der Waals surface area contributed by atoms with Crippen molar-refractivity contribution in [3.8, 4) is 0 Å². The number of rotatable bonds is 4. The molecule has 0 saturated carbocycles. The maximum absolute atomic E-state index is 13.4. The monoisotopic (exact) mass is 303 g/mol. The summed E-state index contributed by atoms with van der Waals surface area (Å²) in [4.78, 5) is 0. The molecular weight excluding hydrogens is 284 g/mol. The van der Waals surface area contributed by atoms with Crippen LogP contribution in [0.4, 0.5) is 8.78 Å². The first-order chi connectivity index (χ1) is 9.08. The van der Waals surface area contributed by atoms with Gasteiger partial charge in [0.25, 0.3) is 5.92 Å². The number of aliphatic hydroxyl groups excluding tert-OH is 1. The van der Waals surface area contributed by atoms with Crippen molar-refractivity contribution in [2.24, 2.45) is 4.40 Å². The predicted octanol–water partition coefficient (Wildman–Crippen LogP) is 3.04. The maximum atomic E-state index is 13.4. The van der Waals surface area contributed by atoms with Gasteiger partial charge in [-0.3, -0.25) is 0 Å². The van der Waals surface area contributed by atoms with E-state index in [0.29, 0.717) is 11.3 Å². The van der Waals surface area contributed by atoms with Crippen molar-refractivity contribution in [2.45, 2.75) is 38.4 Å². The number of hydrogen-bond donors (Lipinski definition) is 1. The van der Waals surface area contributed by atoms with Crippen molar-refractivity contribution >= 4 is 17.1 Å². The molecule has 1 N–H and O–H groups in total. The van der Waals surface area contributed by atoms with E-state index in [0.717, 1.165) is 0 Å². The molecule has 0 radical (unpaired) electrons. The number of aliphatic hydroxyl groups is 1. The van der Waals surface area contributed by atoms with Crippen LogP contribution >= 0.6 is 0 Å². The first-order valence-corrected chi connectivity index (χ1v) is 7.25. The van der Waals surface area contributed by atoms with Gasteiger partial charge in [0.2, 0.25) is 0 Å². The Kier molecular flexibility index (Phi) is 5.29. The summed E-state index contributed by atoms with van der Waals surface area (Å²) in [6, 6.07) is 5.59. The summed E-state index contributed by atoms with van der Waals surface area (Å²) < 4.78 is 42.3. The van der Waals surface area contributed by atoms with Crippen molar-refractivity contribution in [3.63, 3.8) is 0 Å². The second kappa shape index (κ2) is 6.20. The highest BCUT2D eigenvalue weighted by molar-refractivity contribution is 7.91.